The van der Waals surface area contributed by atoms with Gasteiger partial charge in [-0.2, -0.15) is 0 Å². The first-order chi connectivity index (χ1) is 29.7. The van der Waals surface area contributed by atoms with Crippen LogP contribution in [0.15, 0.2) is 242 Å². The van der Waals surface area contributed by atoms with Gasteiger partial charge in [0.2, 0.25) is 0 Å². The van der Waals surface area contributed by atoms with Gasteiger partial charge in [-0.3, -0.25) is 0 Å². The molecule has 10 aromatic rings. The molecule has 0 N–H and O–H groups in total. The van der Waals surface area contributed by atoms with E-state index in [9.17, 15) is 0 Å². The molecular formula is C58H42N2. The maximum atomic E-state index is 2.49. The Morgan fingerprint density at radius 1 is 0.400 bits per heavy atom. The summed E-state index contributed by atoms with van der Waals surface area (Å²) in [6, 6.07) is 79.4. The quantitative estimate of drug-likeness (QED) is 0.150. The average molecular weight is 767 g/mol. The molecule has 0 radical (unpaired) electrons. The largest absolute Gasteiger partial charge is 0.311 e. The molecule has 1 aliphatic rings. The highest BCUT2D eigenvalue weighted by Crippen LogP contribution is 2.42. The average Bonchev–Trinajstić information content (AvgIpc) is 3.65. The molecule has 2 heteroatoms. The smallest absolute Gasteiger partial charge is 0.0547 e. The second-order valence-electron chi connectivity index (χ2n) is 15.7. The number of hydrogen-bond acceptors (Lipinski definition) is 1. The monoisotopic (exact) mass is 766 g/mol. The summed E-state index contributed by atoms with van der Waals surface area (Å²) >= 11 is 0. The van der Waals surface area contributed by atoms with Crippen molar-refractivity contribution in [3.8, 4) is 39.1 Å². The predicted molar refractivity (Wildman–Crippen MR) is 254 cm³/mol. The summed E-state index contributed by atoms with van der Waals surface area (Å²) in [5.74, 6) is 0.194. The Kier molecular flexibility index (Phi) is 9.02. The van der Waals surface area contributed by atoms with E-state index in [-0.39, 0.29) is 5.92 Å². The second-order valence-corrected chi connectivity index (χ2v) is 15.7. The van der Waals surface area contributed by atoms with E-state index in [0.717, 1.165) is 23.5 Å². The summed E-state index contributed by atoms with van der Waals surface area (Å²) in [7, 11) is 0. The normalized spacial score (nSPS) is 13.8. The third kappa shape index (κ3) is 6.49. The topological polar surface area (TPSA) is 8.17 Å². The van der Waals surface area contributed by atoms with Crippen LogP contribution >= 0.6 is 0 Å². The molecule has 0 saturated carbocycles. The van der Waals surface area contributed by atoms with Gasteiger partial charge in [0.1, 0.15) is 0 Å². The molecule has 0 aliphatic heterocycles. The Bertz CT molecular complexity index is 3150. The van der Waals surface area contributed by atoms with Gasteiger partial charge in [-0.1, -0.05) is 176 Å². The molecular weight excluding hydrogens is 725 g/mol. The zero-order valence-corrected chi connectivity index (χ0v) is 33.2. The van der Waals surface area contributed by atoms with Crippen LogP contribution in [0.25, 0.3) is 71.6 Å². The van der Waals surface area contributed by atoms with Crippen LogP contribution < -0.4 is 4.90 Å². The number of aromatic nitrogens is 1. The van der Waals surface area contributed by atoms with Crippen LogP contribution in [0.1, 0.15) is 17.9 Å². The lowest BCUT2D eigenvalue weighted by Crippen LogP contribution is -2.18. The van der Waals surface area contributed by atoms with Gasteiger partial charge in [-0.25, -0.2) is 0 Å². The van der Waals surface area contributed by atoms with Crippen molar-refractivity contribution in [1.29, 1.82) is 0 Å². The van der Waals surface area contributed by atoms with Crippen LogP contribution in [0, 0.1) is 0 Å². The zero-order valence-electron chi connectivity index (χ0n) is 33.2. The number of benzene rings is 9. The number of rotatable bonds is 8. The Morgan fingerprint density at radius 3 is 1.60 bits per heavy atom. The second kappa shape index (κ2) is 15.2. The van der Waals surface area contributed by atoms with Gasteiger partial charge in [0.15, 0.2) is 0 Å². The van der Waals surface area contributed by atoms with Crippen LogP contribution in [0.2, 0.25) is 0 Å². The Hall–Kier alpha value is -7.68. The molecule has 1 heterocycles. The fourth-order valence-electron chi connectivity index (χ4n) is 9.14. The molecule has 0 saturated heterocycles. The summed E-state index contributed by atoms with van der Waals surface area (Å²) in [6.45, 7) is 0. The summed E-state index contributed by atoms with van der Waals surface area (Å²) in [5.41, 5.74) is 15.6. The Labute approximate surface area is 351 Å². The lowest BCUT2D eigenvalue weighted by Gasteiger charge is -2.30. The SMILES string of the molecule is C1=CC(c2ccccc2-n2c3ccccc3c3cc4ccccc4cc32)CC=C1N(c1ccc(-c2ccccc2)cc1)c1cc(-c2ccccc2)cc(-c2ccccc2)c1. The lowest BCUT2D eigenvalue weighted by atomic mass is 9.89. The van der Waals surface area contributed by atoms with Crippen molar-refractivity contribution in [1.82, 2.24) is 4.57 Å². The van der Waals surface area contributed by atoms with E-state index >= 15 is 0 Å². The molecule has 11 rings (SSSR count). The van der Waals surface area contributed by atoms with E-state index in [1.54, 1.807) is 0 Å². The van der Waals surface area contributed by atoms with Gasteiger partial charge >= 0.3 is 0 Å². The highest BCUT2D eigenvalue weighted by molar-refractivity contribution is 6.13. The minimum Gasteiger partial charge on any atom is -0.311 e. The summed E-state index contributed by atoms with van der Waals surface area (Å²) in [4.78, 5) is 2.43. The molecule has 1 aromatic heterocycles. The number of anilines is 2. The number of fused-ring (bicyclic) bond motifs is 4. The number of allylic oxidation sites excluding steroid dienone is 3. The molecule has 1 atom stereocenters. The van der Waals surface area contributed by atoms with Crippen molar-refractivity contribution in [3.05, 3.63) is 248 Å². The first-order valence-corrected chi connectivity index (χ1v) is 20.9. The summed E-state index contributed by atoms with van der Waals surface area (Å²) in [6.07, 6.45) is 8.06. The van der Waals surface area contributed by atoms with Crippen molar-refractivity contribution >= 4 is 44.0 Å². The molecule has 1 aliphatic carbocycles. The Morgan fingerprint density at radius 2 is 0.950 bits per heavy atom. The van der Waals surface area contributed by atoms with Crippen molar-refractivity contribution in [2.24, 2.45) is 0 Å². The fourth-order valence-corrected chi connectivity index (χ4v) is 9.14. The molecule has 0 amide bonds. The highest BCUT2D eigenvalue weighted by Gasteiger charge is 2.23. The molecule has 60 heavy (non-hydrogen) atoms. The third-order valence-electron chi connectivity index (χ3n) is 12.1. The van der Waals surface area contributed by atoms with E-state index in [1.807, 2.05) is 0 Å². The minimum absolute atomic E-state index is 0.194. The molecule has 9 aromatic carbocycles. The van der Waals surface area contributed by atoms with Crippen molar-refractivity contribution in [3.63, 3.8) is 0 Å². The highest BCUT2D eigenvalue weighted by atomic mass is 15.1. The zero-order chi connectivity index (χ0) is 39.8. The minimum atomic E-state index is 0.194. The lowest BCUT2D eigenvalue weighted by molar-refractivity contribution is 0.831. The van der Waals surface area contributed by atoms with Crippen molar-refractivity contribution in [2.75, 3.05) is 4.90 Å². The van der Waals surface area contributed by atoms with E-state index in [2.05, 4.69) is 246 Å². The van der Waals surface area contributed by atoms with Gasteiger partial charge in [0, 0.05) is 39.4 Å². The van der Waals surface area contributed by atoms with Gasteiger partial charge in [-0.15, -0.1) is 0 Å². The van der Waals surface area contributed by atoms with Gasteiger partial charge in [0.05, 0.1) is 11.0 Å². The van der Waals surface area contributed by atoms with Crippen molar-refractivity contribution in [2.45, 2.75) is 12.3 Å². The van der Waals surface area contributed by atoms with E-state index < -0.39 is 0 Å². The maximum Gasteiger partial charge on any atom is 0.0547 e. The molecule has 284 valence electrons. The number of nitrogens with zero attached hydrogens (tertiary/aromatic N) is 2. The standard InChI is InChI=1S/C58H42N2/c1-4-16-41(17-5-1)44-28-32-50(33-29-44)59(52-37-48(42-18-6-2-7-19-42)36-49(38-52)43-20-8-3-9-21-43)51-34-30-45(31-35-51)53-24-12-14-26-56(53)60-57-27-15-13-25-54(57)55-39-46-22-10-11-23-47(46)40-58(55)60/h1-30,32-40,45H,31H2. The van der Waals surface area contributed by atoms with Crippen LogP contribution in [0.3, 0.4) is 0 Å². The molecule has 0 bridgehead atoms. The van der Waals surface area contributed by atoms with Gasteiger partial charge in [-0.05, 0) is 117 Å². The first-order valence-electron chi connectivity index (χ1n) is 20.9. The number of hydrogen-bond donors (Lipinski definition) is 0. The van der Waals surface area contributed by atoms with Gasteiger partial charge in [0.25, 0.3) is 0 Å². The predicted octanol–water partition coefficient (Wildman–Crippen LogP) is 15.7. The Balaban J connectivity index is 1.03. The van der Waals surface area contributed by atoms with Crippen LogP contribution in [0.4, 0.5) is 11.4 Å². The molecule has 0 spiro atoms. The van der Waals surface area contributed by atoms with E-state index in [1.165, 1.54) is 77.2 Å². The fraction of sp³-hybridized carbons (Fsp3) is 0.0345. The van der Waals surface area contributed by atoms with Crippen LogP contribution in [-0.4, -0.2) is 4.57 Å². The van der Waals surface area contributed by atoms with Gasteiger partial charge < -0.3 is 9.47 Å². The summed E-state index contributed by atoms with van der Waals surface area (Å²) in [5, 5.41) is 5.07. The molecule has 2 nitrogen and oxygen atoms in total. The summed E-state index contributed by atoms with van der Waals surface area (Å²) < 4.78 is 2.49. The molecule has 0 fully saturated rings. The first kappa shape index (κ1) is 35.5. The van der Waals surface area contributed by atoms with Crippen molar-refractivity contribution < 1.29 is 0 Å². The van der Waals surface area contributed by atoms with E-state index in [4.69, 9.17) is 0 Å². The third-order valence-corrected chi connectivity index (χ3v) is 12.1. The number of para-hydroxylation sites is 2. The van der Waals surface area contributed by atoms with E-state index in [0.29, 0.717) is 0 Å². The maximum absolute atomic E-state index is 2.49. The van der Waals surface area contributed by atoms with Crippen LogP contribution in [-0.2, 0) is 0 Å². The van der Waals surface area contributed by atoms with Crippen LogP contribution in [0.5, 0.6) is 0 Å². The molecule has 1 unspecified atom stereocenters.